The minimum absolute atomic E-state index is 0.237. The minimum Gasteiger partial charge on any atom is -0.465 e. The molecule has 1 aliphatic carbocycles. The molecule has 0 amide bonds. The van der Waals surface area contributed by atoms with Gasteiger partial charge in [0.15, 0.2) is 0 Å². The number of hydrogen-bond donors (Lipinski definition) is 1. The Kier molecular flexibility index (Phi) is 4.39. The molecule has 14 heavy (non-hydrogen) atoms. The Labute approximate surface area is 86.0 Å². The zero-order valence-corrected chi connectivity index (χ0v) is 9.16. The van der Waals surface area contributed by atoms with E-state index >= 15 is 0 Å². The van der Waals surface area contributed by atoms with E-state index in [0.717, 1.165) is 12.3 Å². The predicted molar refractivity (Wildman–Crippen MR) is 55.7 cm³/mol. The fourth-order valence-corrected chi connectivity index (χ4v) is 1.44. The van der Waals surface area contributed by atoms with Crippen LogP contribution in [0, 0.1) is 11.8 Å². The Hall–Kier alpha value is -0.570. The summed E-state index contributed by atoms with van der Waals surface area (Å²) in [5.74, 6) is 1.02. The van der Waals surface area contributed by atoms with E-state index in [1.54, 1.807) is 0 Å². The highest BCUT2D eigenvalue weighted by Gasteiger charge is 2.22. The third kappa shape index (κ3) is 4.61. The van der Waals surface area contributed by atoms with Crippen molar-refractivity contribution in [3.8, 4) is 0 Å². The van der Waals surface area contributed by atoms with Crippen molar-refractivity contribution in [2.45, 2.75) is 45.6 Å². The summed E-state index contributed by atoms with van der Waals surface area (Å²) in [6.45, 7) is 4.66. The van der Waals surface area contributed by atoms with E-state index in [2.05, 4.69) is 13.8 Å². The van der Waals surface area contributed by atoms with E-state index in [4.69, 9.17) is 10.5 Å². The quantitative estimate of drug-likeness (QED) is 0.662. The smallest absolute Gasteiger partial charge is 0.322 e. The van der Waals surface area contributed by atoms with Gasteiger partial charge in [0.2, 0.25) is 0 Å². The lowest BCUT2D eigenvalue weighted by Gasteiger charge is -2.13. The Morgan fingerprint density at radius 2 is 2.14 bits per heavy atom. The standard InChI is InChI=1S/C11H21NO2/c1-8(2)7-10(12)11(13)14-6-5-9-3-4-9/h8-10H,3-7,12H2,1-2H3/t10-/m0/s1. The first-order chi connectivity index (χ1) is 6.59. The van der Waals surface area contributed by atoms with Gasteiger partial charge in [0, 0.05) is 0 Å². The number of nitrogens with two attached hydrogens (primary N) is 1. The molecule has 3 heteroatoms. The summed E-state index contributed by atoms with van der Waals surface area (Å²) in [7, 11) is 0. The number of hydrogen-bond acceptors (Lipinski definition) is 3. The van der Waals surface area contributed by atoms with Gasteiger partial charge in [-0.25, -0.2) is 0 Å². The Balaban J connectivity index is 2.06. The second-order valence-electron chi connectivity index (χ2n) is 4.64. The summed E-state index contributed by atoms with van der Waals surface area (Å²) in [4.78, 5) is 11.3. The molecule has 3 nitrogen and oxygen atoms in total. The Morgan fingerprint density at radius 1 is 1.50 bits per heavy atom. The number of esters is 1. The van der Waals surface area contributed by atoms with Crippen LogP contribution in [0.1, 0.15) is 39.5 Å². The Morgan fingerprint density at radius 3 is 2.64 bits per heavy atom. The van der Waals surface area contributed by atoms with Gasteiger partial charge in [-0.05, 0) is 24.7 Å². The van der Waals surface area contributed by atoms with E-state index in [0.29, 0.717) is 18.9 Å². The van der Waals surface area contributed by atoms with E-state index in [1.807, 2.05) is 0 Å². The van der Waals surface area contributed by atoms with Gasteiger partial charge >= 0.3 is 5.97 Å². The number of ether oxygens (including phenoxy) is 1. The highest BCUT2D eigenvalue weighted by atomic mass is 16.5. The van der Waals surface area contributed by atoms with Gasteiger partial charge in [-0.1, -0.05) is 26.7 Å². The molecule has 1 aliphatic rings. The summed E-state index contributed by atoms with van der Waals surface area (Å²) < 4.78 is 5.09. The Bertz CT molecular complexity index is 188. The second-order valence-corrected chi connectivity index (χ2v) is 4.64. The lowest BCUT2D eigenvalue weighted by atomic mass is 10.1. The predicted octanol–water partition coefficient (Wildman–Crippen LogP) is 1.70. The second kappa shape index (κ2) is 5.35. The lowest BCUT2D eigenvalue weighted by molar-refractivity contribution is -0.145. The van der Waals surface area contributed by atoms with Gasteiger partial charge in [-0.15, -0.1) is 0 Å². The highest BCUT2D eigenvalue weighted by molar-refractivity contribution is 5.75. The molecule has 0 radical (unpaired) electrons. The summed E-state index contributed by atoms with van der Waals surface area (Å²) in [6.07, 6.45) is 4.33. The van der Waals surface area contributed by atoms with Crippen molar-refractivity contribution in [2.24, 2.45) is 17.6 Å². The van der Waals surface area contributed by atoms with Gasteiger partial charge < -0.3 is 10.5 Å². The molecule has 0 bridgehead atoms. The fourth-order valence-electron chi connectivity index (χ4n) is 1.44. The molecule has 0 saturated heterocycles. The number of carbonyl (C=O) groups excluding carboxylic acids is 1. The molecule has 0 unspecified atom stereocenters. The van der Waals surface area contributed by atoms with Crippen LogP contribution < -0.4 is 5.73 Å². The molecule has 1 saturated carbocycles. The normalized spacial score (nSPS) is 18.3. The van der Waals surface area contributed by atoms with Crippen molar-refractivity contribution in [1.29, 1.82) is 0 Å². The zero-order chi connectivity index (χ0) is 10.6. The molecule has 2 N–H and O–H groups in total. The molecule has 0 aromatic carbocycles. The van der Waals surface area contributed by atoms with Crippen molar-refractivity contribution < 1.29 is 9.53 Å². The van der Waals surface area contributed by atoms with Crippen molar-refractivity contribution in [1.82, 2.24) is 0 Å². The molecule has 1 atom stereocenters. The molecule has 0 aromatic heterocycles. The molecule has 0 aliphatic heterocycles. The van der Waals surface area contributed by atoms with Crippen molar-refractivity contribution >= 4 is 5.97 Å². The van der Waals surface area contributed by atoms with Crippen LogP contribution in [-0.4, -0.2) is 18.6 Å². The SMILES string of the molecule is CC(C)C[C@H](N)C(=O)OCCC1CC1. The van der Waals surface area contributed by atoms with Crippen molar-refractivity contribution in [3.63, 3.8) is 0 Å². The van der Waals surface area contributed by atoms with Crippen molar-refractivity contribution in [2.75, 3.05) is 6.61 Å². The molecule has 0 heterocycles. The summed E-state index contributed by atoms with van der Waals surface area (Å²) in [6, 6.07) is -0.436. The molecule has 1 rings (SSSR count). The summed E-state index contributed by atoms with van der Waals surface area (Å²) in [5, 5.41) is 0. The maximum Gasteiger partial charge on any atom is 0.322 e. The fraction of sp³-hybridized carbons (Fsp3) is 0.909. The highest BCUT2D eigenvalue weighted by Crippen LogP contribution is 2.32. The van der Waals surface area contributed by atoms with Crippen LogP contribution >= 0.6 is 0 Å². The average molecular weight is 199 g/mol. The largest absolute Gasteiger partial charge is 0.465 e. The third-order valence-electron chi connectivity index (χ3n) is 2.50. The van der Waals surface area contributed by atoms with Crippen molar-refractivity contribution in [3.05, 3.63) is 0 Å². The third-order valence-corrected chi connectivity index (χ3v) is 2.50. The maximum atomic E-state index is 11.3. The first-order valence-corrected chi connectivity index (χ1v) is 5.51. The van der Waals surface area contributed by atoms with Crippen LogP contribution in [0.3, 0.4) is 0 Å². The van der Waals surface area contributed by atoms with Gasteiger partial charge in [-0.3, -0.25) is 4.79 Å². The average Bonchev–Trinajstić information content (AvgIpc) is 2.86. The van der Waals surface area contributed by atoms with Gasteiger partial charge in [-0.2, -0.15) is 0 Å². The van der Waals surface area contributed by atoms with E-state index < -0.39 is 6.04 Å². The van der Waals surface area contributed by atoms with Crippen LogP contribution in [0.2, 0.25) is 0 Å². The molecule has 1 fully saturated rings. The van der Waals surface area contributed by atoms with Crippen LogP contribution in [0.15, 0.2) is 0 Å². The van der Waals surface area contributed by atoms with Gasteiger partial charge in [0.05, 0.1) is 6.61 Å². The van der Waals surface area contributed by atoms with E-state index in [9.17, 15) is 4.79 Å². The lowest BCUT2D eigenvalue weighted by Crippen LogP contribution is -2.33. The number of carbonyl (C=O) groups is 1. The zero-order valence-electron chi connectivity index (χ0n) is 9.16. The molecular formula is C11H21NO2. The van der Waals surface area contributed by atoms with Gasteiger partial charge in [0.25, 0.3) is 0 Å². The van der Waals surface area contributed by atoms with Crippen LogP contribution in [0.5, 0.6) is 0 Å². The van der Waals surface area contributed by atoms with Crippen LogP contribution in [0.4, 0.5) is 0 Å². The molecule has 0 spiro atoms. The number of rotatable bonds is 6. The van der Waals surface area contributed by atoms with Gasteiger partial charge in [0.1, 0.15) is 6.04 Å². The minimum atomic E-state index is -0.436. The van der Waals surface area contributed by atoms with Crippen LogP contribution in [0.25, 0.3) is 0 Å². The molecule has 82 valence electrons. The molecule has 0 aromatic rings. The summed E-state index contributed by atoms with van der Waals surface area (Å²) >= 11 is 0. The van der Waals surface area contributed by atoms with Crippen LogP contribution in [-0.2, 0) is 9.53 Å². The van der Waals surface area contributed by atoms with E-state index in [1.165, 1.54) is 12.8 Å². The molecular weight excluding hydrogens is 178 g/mol. The first-order valence-electron chi connectivity index (χ1n) is 5.51. The monoisotopic (exact) mass is 199 g/mol. The topological polar surface area (TPSA) is 52.3 Å². The maximum absolute atomic E-state index is 11.3. The summed E-state index contributed by atoms with van der Waals surface area (Å²) in [5.41, 5.74) is 5.68. The first kappa shape index (κ1) is 11.5. The van der Waals surface area contributed by atoms with E-state index in [-0.39, 0.29) is 5.97 Å².